The quantitative estimate of drug-likeness (QED) is 0.531. The normalized spacial score (nSPS) is 22.4. The number of rotatable bonds is 3. The molecule has 0 spiro atoms. The average Bonchev–Trinajstić information content (AvgIpc) is 2.19. The molecular formula is C10H12O4. The fourth-order valence-corrected chi connectivity index (χ4v) is 1.29. The summed E-state index contributed by atoms with van der Waals surface area (Å²) in [7, 11) is 1.42. The molecule has 1 rings (SSSR count). The van der Waals surface area contributed by atoms with Gasteiger partial charge in [-0.05, 0) is 12.2 Å². The lowest BCUT2D eigenvalue weighted by atomic mass is 9.97. The molecule has 0 aromatic heterocycles. The van der Waals surface area contributed by atoms with E-state index in [4.69, 9.17) is 4.74 Å². The minimum absolute atomic E-state index is 0.119. The third-order valence-electron chi connectivity index (χ3n) is 1.98. The Kier molecular flexibility index (Phi) is 3.34. The predicted molar refractivity (Wildman–Crippen MR) is 50.7 cm³/mol. The van der Waals surface area contributed by atoms with Gasteiger partial charge in [0.05, 0.1) is 7.11 Å². The summed E-state index contributed by atoms with van der Waals surface area (Å²) in [6.45, 7) is 0. The van der Waals surface area contributed by atoms with E-state index >= 15 is 0 Å². The number of carbonyl (C=O) groups excluding carboxylic acids is 1. The SMILES string of the molecule is COC1=C(O)C(O)=C[C@H](/C=C/C=O)C1. The van der Waals surface area contributed by atoms with Crippen LogP contribution in [0.2, 0.25) is 0 Å². The molecule has 1 aliphatic carbocycles. The number of carbonyl (C=O) groups is 1. The highest BCUT2D eigenvalue weighted by Gasteiger charge is 2.20. The Hall–Kier alpha value is -1.71. The maximum Gasteiger partial charge on any atom is 0.195 e. The molecule has 0 aromatic carbocycles. The van der Waals surface area contributed by atoms with Crippen LogP contribution in [0.1, 0.15) is 6.42 Å². The van der Waals surface area contributed by atoms with E-state index < -0.39 is 0 Å². The summed E-state index contributed by atoms with van der Waals surface area (Å²) < 4.78 is 4.89. The fourth-order valence-electron chi connectivity index (χ4n) is 1.29. The number of aliphatic hydroxyl groups excluding tert-OH is 2. The molecular weight excluding hydrogens is 184 g/mol. The number of methoxy groups -OCH3 is 1. The van der Waals surface area contributed by atoms with Crippen molar-refractivity contribution in [2.45, 2.75) is 6.42 Å². The zero-order valence-electron chi connectivity index (χ0n) is 7.80. The van der Waals surface area contributed by atoms with Gasteiger partial charge in [0.2, 0.25) is 0 Å². The summed E-state index contributed by atoms with van der Waals surface area (Å²) in [4.78, 5) is 10.1. The Labute approximate surface area is 81.8 Å². The van der Waals surface area contributed by atoms with E-state index in [2.05, 4.69) is 0 Å². The first kappa shape index (κ1) is 10.4. The van der Waals surface area contributed by atoms with Crippen molar-refractivity contribution in [3.8, 4) is 0 Å². The number of ether oxygens (including phenoxy) is 1. The monoisotopic (exact) mass is 196 g/mol. The van der Waals surface area contributed by atoms with Gasteiger partial charge in [0.25, 0.3) is 0 Å². The van der Waals surface area contributed by atoms with Gasteiger partial charge in [-0.15, -0.1) is 0 Å². The number of aliphatic hydroxyl groups is 2. The summed E-state index contributed by atoms with van der Waals surface area (Å²) >= 11 is 0. The largest absolute Gasteiger partial charge is 0.504 e. The molecule has 0 heterocycles. The van der Waals surface area contributed by atoms with Crippen molar-refractivity contribution < 1.29 is 19.7 Å². The molecule has 0 amide bonds. The van der Waals surface area contributed by atoms with Crippen LogP contribution >= 0.6 is 0 Å². The molecule has 0 radical (unpaired) electrons. The third kappa shape index (κ3) is 2.16. The van der Waals surface area contributed by atoms with Crippen LogP contribution in [0.3, 0.4) is 0 Å². The Balaban J connectivity index is 2.83. The van der Waals surface area contributed by atoms with Gasteiger partial charge in [0.15, 0.2) is 11.5 Å². The molecule has 4 nitrogen and oxygen atoms in total. The van der Waals surface area contributed by atoms with Gasteiger partial charge in [-0.1, -0.05) is 6.08 Å². The fraction of sp³-hybridized carbons (Fsp3) is 0.300. The van der Waals surface area contributed by atoms with Crippen molar-refractivity contribution in [2.24, 2.45) is 5.92 Å². The number of hydrogen-bond donors (Lipinski definition) is 2. The third-order valence-corrected chi connectivity index (χ3v) is 1.98. The molecule has 1 aliphatic rings. The molecule has 76 valence electrons. The number of aldehydes is 1. The van der Waals surface area contributed by atoms with Crippen LogP contribution in [0.25, 0.3) is 0 Å². The molecule has 0 aromatic rings. The standard InChI is InChI=1S/C10H12O4/c1-14-9-6-7(3-2-4-11)5-8(12)10(9)13/h2-5,7,12-13H,6H2,1H3/b3-2+/t7-/m0/s1. The summed E-state index contributed by atoms with van der Waals surface area (Å²) in [6.07, 6.45) is 5.56. The molecule has 0 bridgehead atoms. The van der Waals surface area contributed by atoms with Crippen molar-refractivity contribution in [1.29, 1.82) is 0 Å². The van der Waals surface area contributed by atoms with Gasteiger partial charge in [0.1, 0.15) is 12.0 Å². The molecule has 0 unspecified atom stereocenters. The zero-order chi connectivity index (χ0) is 10.6. The van der Waals surface area contributed by atoms with E-state index in [1.54, 1.807) is 6.08 Å². The first-order valence-corrected chi connectivity index (χ1v) is 4.18. The summed E-state index contributed by atoms with van der Waals surface area (Å²) in [5.41, 5.74) is 0. The molecule has 14 heavy (non-hydrogen) atoms. The van der Waals surface area contributed by atoms with E-state index in [0.717, 1.165) is 0 Å². The van der Waals surface area contributed by atoms with Gasteiger partial charge >= 0.3 is 0 Å². The van der Waals surface area contributed by atoms with E-state index in [-0.39, 0.29) is 17.4 Å². The van der Waals surface area contributed by atoms with Crippen LogP contribution < -0.4 is 0 Å². The van der Waals surface area contributed by atoms with Crippen LogP contribution in [-0.2, 0) is 9.53 Å². The molecule has 4 heteroatoms. The highest BCUT2D eigenvalue weighted by atomic mass is 16.5. The summed E-state index contributed by atoms with van der Waals surface area (Å²) in [5, 5.41) is 18.6. The molecule has 1 atom stereocenters. The molecule has 0 fully saturated rings. The number of allylic oxidation sites excluding steroid dienone is 4. The first-order chi connectivity index (χ1) is 6.69. The average molecular weight is 196 g/mol. The first-order valence-electron chi connectivity index (χ1n) is 4.18. The second kappa shape index (κ2) is 4.50. The Bertz CT molecular complexity index is 312. The van der Waals surface area contributed by atoms with Crippen LogP contribution in [-0.4, -0.2) is 23.6 Å². The smallest absolute Gasteiger partial charge is 0.195 e. The van der Waals surface area contributed by atoms with Crippen molar-refractivity contribution in [3.63, 3.8) is 0 Å². The summed E-state index contributed by atoms with van der Waals surface area (Å²) in [5.74, 6) is -0.242. The van der Waals surface area contributed by atoms with Crippen LogP contribution in [0, 0.1) is 5.92 Å². The zero-order valence-corrected chi connectivity index (χ0v) is 7.80. The highest BCUT2D eigenvalue weighted by Crippen LogP contribution is 2.27. The van der Waals surface area contributed by atoms with Crippen LogP contribution in [0.5, 0.6) is 0 Å². The lowest BCUT2D eigenvalue weighted by Gasteiger charge is -2.17. The molecule has 0 saturated carbocycles. The summed E-state index contributed by atoms with van der Waals surface area (Å²) in [6, 6.07) is 0. The van der Waals surface area contributed by atoms with Crippen molar-refractivity contribution in [2.75, 3.05) is 7.11 Å². The molecule has 2 N–H and O–H groups in total. The van der Waals surface area contributed by atoms with Gasteiger partial charge in [-0.25, -0.2) is 0 Å². The molecule has 0 aliphatic heterocycles. The minimum atomic E-state index is -0.233. The Morgan fingerprint density at radius 1 is 1.57 bits per heavy atom. The Morgan fingerprint density at radius 3 is 2.86 bits per heavy atom. The van der Waals surface area contributed by atoms with Crippen molar-refractivity contribution in [3.05, 3.63) is 35.5 Å². The van der Waals surface area contributed by atoms with Crippen molar-refractivity contribution in [1.82, 2.24) is 0 Å². The molecule has 0 saturated heterocycles. The highest BCUT2D eigenvalue weighted by molar-refractivity contribution is 5.64. The minimum Gasteiger partial charge on any atom is -0.504 e. The van der Waals surface area contributed by atoms with E-state index in [1.165, 1.54) is 19.3 Å². The van der Waals surface area contributed by atoms with Crippen LogP contribution in [0.4, 0.5) is 0 Å². The van der Waals surface area contributed by atoms with E-state index in [0.29, 0.717) is 18.5 Å². The van der Waals surface area contributed by atoms with Crippen LogP contribution in [0.15, 0.2) is 35.5 Å². The predicted octanol–water partition coefficient (Wildman–Crippen LogP) is 1.62. The maximum atomic E-state index is 10.1. The topological polar surface area (TPSA) is 66.8 Å². The number of hydrogen-bond acceptors (Lipinski definition) is 4. The van der Waals surface area contributed by atoms with E-state index in [1.807, 2.05) is 0 Å². The van der Waals surface area contributed by atoms with Gasteiger partial charge in [-0.2, -0.15) is 0 Å². The lowest BCUT2D eigenvalue weighted by molar-refractivity contribution is -0.104. The van der Waals surface area contributed by atoms with E-state index in [9.17, 15) is 15.0 Å². The lowest BCUT2D eigenvalue weighted by Crippen LogP contribution is -2.09. The second-order valence-corrected chi connectivity index (χ2v) is 2.92. The van der Waals surface area contributed by atoms with Gasteiger partial charge in [0, 0.05) is 12.3 Å². The second-order valence-electron chi connectivity index (χ2n) is 2.92. The van der Waals surface area contributed by atoms with Gasteiger partial charge < -0.3 is 14.9 Å². The van der Waals surface area contributed by atoms with Crippen molar-refractivity contribution >= 4 is 6.29 Å². The van der Waals surface area contributed by atoms with Gasteiger partial charge in [-0.3, -0.25) is 4.79 Å². The maximum absolute atomic E-state index is 10.1. The Morgan fingerprint density at radius 2 is 2.29 bits per heavy atom.